The summed E-state index contributed by atoms with van der Waals surface area (Å²) in [6.07, 6.45) is 0.0596. The van der Waals surface area contributed by atoms with Crippen LogP contribution in [0.25, 0.3) is 0 Å². The Balaban J connectivity index is 2.64. The number of hydrogen-bond acceptors (Lipinski definition) is 5. The number of benzene rings is 1. The van der Waals surface area contributed by atoms with E-state index in [9.17, 15) is 19.5 Å². The van der Waals surface area contributed by atoms with Crippen LogP contribution < -0.4 is 10.4 Å². The molecule has 6 heteroatoms. The minimum absolute atomic E-state index is 0.0451. The van der Waals surface area contributed by atoms with E-state index in [2.05, 4.69) is 10.1 Å². The molecule has 0 heterocycles. The van der Waals surface area contributed by atoms with E-state index >= 15 is 0 Å². The predicted octanol–water partition coefficient (Wildman–Crippen LogP) is 0.332. The number of amides is 1. The second-order valence-corrected chi connectivity index (χ2v) is 3.81. The fourth-order valence-corrected chi connectivity index (χ4v) is 1.49. The Hall–Kier alpha value is -2.37. The molecule has 0 unspecified atom stereocenters. The fourth-order valence-electron chi connectivity index (χ4n) is 1.49. The zero-order chi connectivity index (χ0) is 14.3. The number of aliphatic carboxylic acids is 1. The van der Waals surface area contributed by atoms with Gasteiger partial charge in [0.05, 0.1) is 18.4 Å². The number of carboxylic acids is 1. The summed E-state index contributed by atoms with van der Waals surface area (Å²) < 4.78 is 4.59. The largest absolute Gasteiger partial charge is 0.550 e. The summed E-state index contributed by atoms with van der Waals surface area (Å²) in [6, 6.07) is 6.42. The third-order valence-electron chi connectivity index (χ3n) is 2.39. The van der Waals surface area contributed by atoms with Crippen molar-refractivity contribution in [3.63, 3.8) is 0 Å². The first-order valence-electron chi connectivity index (χ1n) is 5.71. The Morgan fingerprint density at radius 2 is 1.89 bits per heavy atom. The maximum atomic E-state index is 11.6. The van der Waals surface area contributed by atoms with Crippen molar-refractivity contribution in [1.29, 1.82) is 0 Å². The summed E-state index contributed by atoms with van der Waals surface area (Å²) in [5.41, 5.74) is 0.589. The van der Waals surface area contributed by atoms with E-state index in [1.807, 2.05) is 0 Å². The number of rotatable bonds is 6. The molecule has 0 aliphatic rings. The predicted molar refractivity (Wildman–Crippen MR) is 65.3 cm³/mol. The Labute approximate surface area is 110 Å². The molecule has 0 spiro atoms. The van der Waals surface area contributed by atoms with Gasteiger partial charge in [0, 0.05) is 12.4 Å². The van der Waals surface area contributed by atoms with Gasteiger partial charge in [-0.15, -0.1) is 0 Å². The second kappa shape index (κ2) is 7.15. The first-order valence-corrected chi connectivity index (χ1v) is 5.71. The summed E-state index contributed by atoms with van der Waals surface area (Å²) in [5.74, 6) is -2.11. The Morgan fingerprint density at radius 1 is 1.21 bits per heavy atom. The number of ether oxygens (including phenoxy) is 1. The van der Waals surface area contributed by atoms with Crippen LogP contribution in [-0.4, -0.2) is 25.0 Å². The molecular weight excluding hydrogens is 250 g/mol. The lowest BCUT2D eigenvalue weighted by Crippen LogP contribution is -2.22. The monoisotopic (exact) mass is 264 g/mol. The van der Waals surface area contributed by atoms with E-state index in [0.717, 1.165) is 0 Å². The number of anilines is 1. The van der Waals surface area contributed by atoms with Crippen LogP contribution in [-0.2, 0) is 14.3 Å². The van der Waals surface area contributed by atoms with Crippen molar-refractivity contribution >= 4 is 23.5 Å². The minimum atomic E-state index is -1.19. The van der Waals surface area contributed by atoms with Gasteiger partial charge < -0.3 is 20.0 Å². The topological polar surface area (TPSA) is 95.5 Å². The van der Waals surface area contributed by atoms with Crippen molar-refractivity contribution in [3.8, 4) is 0 Å². The van der Waals surface area contributed by atoms with E-state index in [0.29, 0.717) is 5.69 Å². The van der Waals surface area contributed by atoms with Gasteiger partial charge in [-0.25, -0.2) is 4.79 Å². The van der Waals surface area contributed by atoms with E-state index < -0.39 is 11.9 Å². The number of hydrogen-bond donors (Lipinski definition) is 1. The van der Waals surface area contributed by atoms with Crippen molar-refractivity contribution in [2.75, 3.05) is 12.4 Å². The molecule has 6 nitrogen and oxygen atoms in total. The van der Waals surface area contributed by atoms with Gasteiger partial charge in [0.1, 0.15) is 0 Å². The van der Waals surface area contributed by atoms with Crippen molar-refractivity contribution < 1.29 is 24.2 Å². The van der Waals surface area contributed by atoms with Gasteiger partial charge in [-0.05, 0) is 25.0 Å². The van der Waals surface area contributed by atoms with Gasteiger partial charge in [-0.3, -0.25) is 4.79 Å². The van der Waals surface area contributed by atoms with Crippen molar-refractivity contribution in [1.82, 2.24) is 0 Å². The second-order valence-electron chi connectivity index (χ2n) is 3.81. The highest BCUT2D eigenvalue weighted by Gasteiger charge is 2.12. The van der Waals surface area contributed by atoms with Crippen LogP contribution in [0, 0.1) is 0 Å². The summed E-state index contributed by atoms with van der Waals surface area (Å²) in [4.78, 5) is 33.3. The van der Waals surface area contributed by atoms with Gasteiger partial charge >= 0.3 is 5.97 Å². The lowest BCUT2D eigenvalue weighted by Gasteiger charge is -2.09. The first-order chi connectivity index (χ1) is 9.04. The van der Waals surface area contributed by atoms with Crippen LogP contribution in [0.15, 0.2) is 24.3 Å². The molecule has 1 aromatic rings. The molecule has 102 valence electrons. The molecule has 1 N–H and O–H groups in total. The number of nitrogens with one attached hydrogen (secondary N) is 1. The highest BCUT2D eigenvalue weighted by Crippen LogP contribution is 2.16. The minimum Gasteiger partial charge on any atom is -0.550 e. The standard InChI is InChI=1S/C13H15NO5/c1-19-13(18)9-5-2-3-6-10(9)14-11(15)7-4-8-12(16)17/h2-3,5-6H,4,7-8H2,1H3,(H,14,15)(H,16,17)/p-1. The van der Waals surface area contributed by atoms with E-state index in [4.69, 9.17) is 0 Å². The molecule has 0 aliphatic heterocycles. The molecule has 0 aromatic heterocycles. The third kappa shape index (κ3) is 4.79. The smallest absolute Gasteiger partial charge is 0.339 e. The molecule has 0 radical (unpaired) electrons. The average Bonchev–Trinajstić information content (AvgIpc) is 2.38. The number of methoxy groups -OCH3 is 1. The number of carbonyl (C=O) groups is 3. The zero-order valence-electron chi connectivity index (χ0n) is 10.5. The highest BCUT2D eigenvalue weighted by molar-refractivity contribution is 6.01. The molecule has 0 fully saturated rings. The Bertz CT molecular complexity index is 484. The summed E-state index contributed by atoms with van der Waals surface area (Å²) in [5, 5.41) is 12.8. The lowest BCUT2D eigenvalue weighted by atomic mass is 10.1. The summed E-state index contributed by atoms with van der Waals surface area (Å²) >= 11 is 0. The Morgan fingerprint density at radius 3 is 2.53 bits per heavy atom. The summed E-state index contributed by atoms with van der Waals surface area (Å²) in [7, 11) is 1.25. The van der Waals surface area contributed by atoms with Gasteiger partial charge in [-0.1, -0.05) is 12.1 Å². The van der Waals surface area contributed by atoms with Crippen LogP contribution in [0.5, 0.6) is 0 Å². The first kappa shape index (κ1) is 14.7. The zero-order valence-corrected chi connectivity index (χ0v) is 10.5. The maximum absolute atomic E-state index is 11.6. The maximum Gasteiger partial charge on any atom is 0.339 e. The molecule has 0 aliphatic carbocycles. The number of carbonyl (C=O) groups excluding carboxylic acids is 3. The van der Waals surface area contributed by atoms with Crippen LogP contribution in [0.4, 0.5) is 5.69 Å². The average molecular weight is 264 g/mol. The molecule has 19 heavy (non-hydrogen) atoms. The molecule has 1 aromatic carbocycles. The fraction of sp³-hybridized carbons (Fsp3) is 0.308. The number of para-hydroxylation sites is 1. The quantitative estimate of drug-likeness (QED) is 0.747. The van der Waals surface area contributed by atoms with Crippen LogP contribution in [0.2, 0.25) is 0 Å². The van der Waals surface area contributed by atoms with Crippen LogP contribution >= 0.6 is 0 Å². The Kier molecular flexibility index (Phi) is 5.53. The normalized spacial score (nSPS) is 9.74. The van der Waals surface area contributed by atoms with E-state index in [1.165, 1.54) is 13.2 Å². The molecular formula is C13H14NO5-. The third-order valence-corrected chi connectivity index (χ3v) is 2.39. The van der Waals surface area contributed by atoms with Crippen LogP contribution in [0.3, 0.4) is 0 Å². The van der Waals surface area contributed by atoms with Crippen molar-refractivity contribution in [2.24, 2.45) is 0 Å². The van der Waals surface area contributed by atoms with Crippen molar-refractivity contribution in [2.45, 2.75) is 19.3 Å². The molecule has 0 saturated heterocycles. The molecule has 1 amide bonds. The highest BCUT2D eigenvalue weighted by atomic mass is 16.5. The van der Waals surface area contributed by atoms with E-state index in [-0.39, 0.29) is 30.7 Å². The molecule has 0 saturated carbocycles. The van der Waals surface area contributed by atoms with Gasteiger partial charge in [0.2, 0.25) is 5.91 Å². The lowest BCUT2D eigenvalue weighted by molar-refractivity contribution is -0.305. The SMILES string of the molecule is COC(=O)c1ccccc1NC(=O)CCCC(=O)[O-]. The van der Waals surface area contributed by atoms with Gasteiger partial charge in [-0.2, -0.15) is 0 Å². The summed E-state index contributed by atoms with van der Waals surface area (Å²) in [6.45, 7) is 0. The van der Waals surface area contributed by atoms with E-state index in [1.54, 1.807) is 18.2 Å². The molecule has 0 atom stereocenters. The molecule has 0 bridgehead atoms. The van der Waals surface area contributed by atoms with Gasteiger partial charge in [0.25, 0.3) is 0 Å². The van der Waals surface area contributed by atoms with Crippen LogP contribution in [0.1, 0.15) is 29.6 Å². The van der Waals surface area contributed by atoms with Crippen molar-refractivity contribution in [3.05, 3.63) is 29.8 Å². The number of esters is 1. The van der Waals surface area contributed by atoms with Gasteiger partial charge in [0.15, 0.2) is 0 Å². The molecule has 1 rings (SSSR count). The number of carboxylic acid groups (broad SMARTS) is 1.